The van der Waals surface area contributed by atoms with Crippen molar-refractivity contribution in [2.24, 2.45) is 0 Å². The summed E-state index contributed by atoms with van der Waals surface area (Å²) < 4.78 is 10.4. The summed E-state index contributed by atoms with van der Waals surface area (Å²) in [5, 5.41) is 22.4. The maximum absolute atomic E-state index is 13.1. The second-order valence-corrected chi connectivity index (χ2v) is 9.01. The summed E-state index contributed by atoms with van der Waals surface area (Å²) in [6, 6.07) is 2.61. The lowest BCUT2D eigenvalue weighted by Crippen LogP contribution is -2.48. The zero-order chi connectivity index (χ0) is 22.7. The first-order valence-electron chi connectivity index (χ1n) is 10.8. The molecule has 0 radical (unpaired) electrons. The highest BCUT2D eigenvalue weighted by atomic mass is 32.1. The minimum atomic E-state index is -0.570. The molecule has 1 amide bonds. The Bertz CT molecular complexity index is 983. The molecule has 2 heterocycles. The van der Waals surface area contributed by atoms with E-state index in [1.54, 1.807) is 16.2 Å². The van der Waals surface area contributed by atoms with E-state index in [0.29, 0.717) is 32.1 Å². The monoisotopic (exact) mass is 461 g/mol. The zero-order valence-electron chi connectivity index (χ0n) is 18.3. The van der Waals surface area contributed by atoms with Crippen LogP contribution in [-0.2, 0) is 0 Å². The van der Waals surface area contributed by atoms with Crippen molar-refractivity contribution in [3.05, 3.63) is 32.8 Å². The number of hydrogen-bond donors (Lipinski definition) is 0. The van der Waals surface area contributed by atoms with Gasteiger partial charge in [0.05, 0.1) is 25.2 Å². The number of amides is 1. The van der Waals surface area contributed by atoms with E-state index in [-0.39, 0.29) is 22.7 Å². The molecule has 0 atom stereocenters. The third kappa shape index (κ3) is 4.47. The van der Waals surface area contributed by atoms with Crippen molar-refractivity contribution < 1.29 is 19.2 Å². The van der Waals surface area contributed by atoms with Crippen molar-refractivity contribution in [3.63, 3.8) is 0 Å². The van der Waals surface area contributed by atoms with E-state index >= 15 is 0 Å². The van der Waals surface area contributed by atoms with Gasteiger partial charge in [0.25, 0.3) is 11.6 Å². The van der Waals surface area contributed by atoms with Crippen LogP contribution in [0.15, 0.2) is 12.1 Å². The Hall–Kier alpha value is -2.95. The molecule has 0 N–H and O–H groups in total. The minimum absolute atomic E-state index is 0.00315. The highest BCUT2D eigenvalue weighted by Crippen LogP contribution is 2.37. The Morgan fingerprint density at radius 3 is 2.34 bits per heavy atom. The first kappa shape index (κ1) is 22.3. The SMILES string of the molecule is COc1cc(C(=O)N2CCN(c3nnc(C4CCCCC4)s3)CC2)c([N+](=O)[O-])cc1OC. The van der Waals surface area contributed by atoms with E-state index < -0.39 is 10.8 Å². The number of ether oxygens (including phenoxy) is 2. The number of carbonyl (C=O) groups is 1. The van der Waals surface area contributed by atoms with Crippen molar-refractivity contribution in [2.45, 2.75) is 38.0 Å². The Kier molecular flexibility index (Phi) is 6.73. The van der Waals surface area contributed by atoms with Crippen molar-refractivity contribution in [3.8, 4) is 11.5 Å². The van der Waals surface area contributed by atoms with Gasteiger partial charge in [-0.2, -0.15) is 0 Å². The molecule has 1 saturated carbocycles. The number of anilines is 1. The van der Waals surface area contributed by atoms with Gasteiger partial charge in [0.15, 0.2) is 11.5 Å². The predicted molar refractivity (Wildman–Crippen MR) is 120 cm³/mol. The van der Waals surface area contributed by atoms with Gasteiger partial charge in [-0.25, -0.2) is 0 Å². The van der Waals surface area contributed by atoms with E-state index in [1.807, 2.05) is 0 Å². The molecule has 2 aromatic rings. The van der Waals surface area contributed by atoms with E-state index in [4.69, 9.17) is 9.47 Å². The van der Waals surface area contributed by atoms with Gasteiger partial charge in [-0.15, -0.1) is 10.2 Å². The molecule has 0 spiro atoms. The summed E-state index contributed by atoms with van der Waals surface area (Å²) in [6.45, 7) is 2.10. The quantitative estimate of drug-likeness (QED) is 0.475. The highest BCUT2D eigenvalue weighted by molar-refractivity contribution is 7.15. The van der Waals surface area contributed by atoms with Crippen LogP contribution in [0, 0.1) is 10.1 Å². The number of methoxy groups -OCH3 is 2. The molecule has 0 unspecified atom stereocenters. The van der Waals surface area contributed by atoms with Crippen molar-refractivity contribution >= 4 is 28.1 Å². The number of nitrogens with zero attached hydrogens (tertiary/aromatic N) is 5. The minimum Gasteiger partial charge on any atom is -0.493 e. The fraction of sp³-hybridized carbons (Fsp3) is 0.571. The summed E-state index contributed by atoms with van der Waals surface area (Å²) >= 11 is 1.65. The van der Waals surface area contributed by atoms with E-state index in [9.17, 15) is 14.9 Å². The van der Waals surface area contributed by atoms with Gasteiger partial charge < -0.3 is 19.3 Å². The molecule has 2 fully saturated rings. The lowest BCUT2D eigenvalue weighted by Gasteiger charge is -2.34. The largest absolute Gasteiger partial charge is 0.493 e. The first-order chi connectivity index (χ1) is 15.5. The Morgan fingerprint density at radius 1 is 1.06 bits per heavy atom. The molecule has 1 aromatic carbocycles. The van der Waals surface area contributed by atoms with Gasteiger partial charge in [0.1, 0.15) is 10.6 Å². The third-order valence-electron chi connectivity index (χ3n) is 6.15. The Balaban J connectivity index is 1.45. The number of nitro benzene ring substituents is 1. The normalized spacial score (nSPS) is 17.3. The second kappa shape index (κ2) is 9.68. The topological polar surface area (TPSA) is 111 Å². The molecule has 1 saturated heterocycles. The molecule has 2 aliphatic rings. The van der Waals surface area contributed by atoms with Crippen molar-refractivity contribution in [2.75, 3.05) is 45.3 Å². The fourth-order valence-electron chi connectivity index (χ4n) is 4.33. The number of piperazine rings is 1. The third-order valence-corrected chi connectivity index (χ3v) is 7.30. The molecular weight excluding hydrogens is 434 g/mol. The van der Waals surface area contributed by atoms with Crippen LogP contribution < -0.4 is 14.4 Å². The molecule has 1 aromatic heterocycles. The summed E-state index contributed by atoms with van der Waals surface area (Å²) in [5.74, 6) is 0.621. The van der Waals surface area contributed by atoms with Crippen molar-refractivity contribution in [1.82, 2.24) is 15.1 Å². The highest BCUT2D eigenvalue weighted by Gasteiger charge is 2.31. The van der Waals surface area contributed by atoms with Gasteiger partial charge in [-0.05, 0) is 12.8 Å². The maximum atomic E-state index is 13.1. The number of hydrogen-bond acceptors (Lipinski definition) is 9. The summed E-state index contributed by atoms with van der Waals surface area (Å²) in [5.41, 5.74) is -0.298. The number of aromatic nitrogens is 2. The van der Waals surface area contributed by atoms with Crippen LogP contribution in [0.2, 0.25) is 0 Å². The molecule has 1 aliphatic heterocycles. The molecule has 1 aliphatic carbocycles. The summed E-state index contributed by atoms with van der Waals surface area (Å²) in [4.78, 5) is 27.9. The summed E-state index contributed by atoms with van der Waals surface area (Å²) in [6.07, 6.45) is 6.17. The average molecular weight is 462 g/mol. The summed E-state index contributed by atoms with van der Waals surface area (Å²) in [7, 11) is 2.83. The molecule has 10 nitrogen and oxygen atoms in total. The first-order valence-corrected chi connectivity index (χ1v) is 11.6. The molecular formula is C21H27N5O5S. The second-order valence-electron chi connectivity index (χ2n) is 8.02. The molecule has 172 valence electrons. The van der Waals surface area contributed by atoms with E-state index in [0.717, 1.165) is 10.1 Å². The molecule has 11 heteroatoms. The van der Waals surface area contributed by atoms with Gasteiger partial charge in [0.2, 0.25) is 5.13 Å². The van der Waals surface area contributed by atoms with Crippen LogP contribution >= 0.6 is 11.3 Å². The van der Waals surface area contributed by atoms with Crippen LogP contribution in [0.25, 0.3) is 0 Å². The smallest absolute Gasteiger partial charge is 0.286 e. The van der Waals surface area contributed by atoms with Gasteiger partial charge in [-0.3, -0.25) is 14.9 Å². The molecule has 4 rings (SSSR count). The van der Waals surface area contributed by atoms with Crippen LogP contribution in [0.3, 0.4) is 0 Å². The standard InChI is InChI=1S/C21H27N5O5S/c1-30-17-12-15(16(26(28)29)13-18(17)31-2)20(27)24-8-10-25(11-9-24)21-23-22-19(32-21)14-6-4-3-5-7-14/h12-14H,3-11H2,1-2H3. The van der Waals surface area contributed by atoms with Crippen LogP contribution in [0.1, 0.15) is 53.4 Å². The lowest BCUT2D eigenvalue weighted by molar-refractivity contribution is -0.385. The van der Waals surface area contributed by atoms with Crippen LogP contribution in [0.4, 0.5) is 10.8 Å². The van der Waals surface area contributed by atoms with Crippen molar-refractivity contribution in [1.29, 1.82) is 0 Å². The maximum Gasteiger partial charge on any atom is 0.286 e. The van der Waals surface area contributed by atoms with E-state index in [1.165, 1.54) is 58.5 Å². The predicted octanol–water partition coefficient (Wildman–Crippen LogP) is 3.47. The molecule has 0 bridgehead atoms. The van der Waals surface area contributed by atoms with E-state index in [2.05, 4.69) is 15.1 Å². The van der Waals surface area contributed by atoms with Gasteiger partial charge >= 0.3 is 0 Å². The number of nitro groups is 1. The Labute approximate surface area is 190 Å². The number of rotatable bonds is 6. The lowest BCUT2D eigenvalue weighted by atomic mass is 9.90. The molecule has 32 heavy (non-hydrogen) atoms. The average Bonchev–Trinajstić information content (AvgIpc) is 3.33. The number of carbonyl (C=O) groups excluding carboxylic acids is 1. The van der Waals surface area contributed by atoms with Crippen LogP contribution in [-0.4, -0.2) is 66.3 Å². The van der Waals surface area contributed by atoms with Gasteiger partial charge in [-0.1, -0.05) is 30.6 Å². The zero-order valence-corrected chi connectivity index (χ0v) is 19.1. The Morgan fingerprint density at radius 2 is 1.72 bits per heavy atom. The number of benzene rings is 1. The van der Waals surface area contributed by atoms with Gasteiger partial charge in [0, 0.05) is 38.2 Å². The fourth-order valence-corrected chi connectivity index (χ4v) is 5.39. The van der Waals surface area contributed by atoms with Crippen LogP contribution in [0.5, 0.6) is 11.5 Å².